The average molecular weight is 421 g/mol. The Labute approximate surface area is 182 Å². The summed E-state index contributed by atoms with van der Waals surface area (Å²) in [5.41, 5.74) is 2.71. The minimum absolute atomic E-state index is 0.288. The van der Waals surface area contributed by atoms with Gasteiger partial charge in [0, 0.05) is 24.2 Å². The van der Waals surface area contributed by atoms with Crippen LogP contribution in [0.5, 0.6) is 23.0 Å². The molecule has 162 valence electrons. The van der Waals surface area contributed by atoms with Crippen LogP contribution in [0.4, 0.5) is 5.69 Å². The van der Waals surface area contributed by atoms with Crippen molar-refractivity contribution in [3.05, 3.63) is 77.9 Å². The normalized spacial score (nSPS) is 11.4. The number of benzene rings is 3. The van der Waals surface area contributed by atoms with E-state index in [2.05, 4.69) is 17.4 Å². The Hall–Kier alpha value is -3.67. The molecule has 0 radical (unpaired) electrons. The zero-order chi connectivity index (χ0) is 22.2. The molecular formula is C25H27NO5. The van der Waals surface area contributed by atoms with Crippen molar-refractivity contribution in [1.82, 2.24) is 0 Å². The van der Waals surface area contributed by atoms with Gasteiger partial charge in [-0.25, -0.2) is 0 Å². The predicted octanol–water partition coefficient (Wildman–Crippen LogP) is 4.71. The molecule has 3 aromatic rings. The lowest BCUT2D eigenvalue weighted by Crippen LogP contribution is -2.30. The van der Waals surface area contributed by atoms with Crippen LogP contribution in [0.25, 0.3) is 0 Å². The average Bonchev–Trinajstić information content (AvgIpc) is 2.80. The highest BCUT2D eigenvalue weighted by Crippen LogP contribution is 2.40. The third-order valence-corrected chi connectivity index (χ3v) is 4.82. The molecule has 0 saturated carbocycles. The van der Waals surface area contributed by atoms with Crippen molar-refractivity contribution in [1.29, 1.82) is 0 Å². The maximum Gasteiger partial charge on any atom is 0.265 e. The molecule has 1 unspecified atom stereocenters. The van der Waals surface area contributed by atoms with Gasteiger partial charge in [0.25, 0.3) is 5.91 Å². The minimum Gasteiger partial charge on any atom is -0.493 e. The molecule has 3 aromatic carbocycles. The third kappa shape index (κ3) is 5.48. The minimum atomic E-state index is -0.712. The van der Waals surface area contributed by atoms with Crippen molar-refractivity contribution in [2.45, 2.75) is 19.4 Å². The molecule has 6 nitrogen and oxygen atoms in total. The number of amides is 1. The first-order valence-electron chi connectivity index (χ1n) is 9.95. The largest absolute Gasteiger partial charge is 0.493 e. The zero-order valence-corrected chi connectivity index (χ0v) is 18.2. The Kier molecular flexibility index (Phi) is 7.38. The summed E-state index contributed by atoms with van der Waals surface area (Å²) in [7, 11) is 4.58. The first kappa shape index (κ1) is 22.0. The van der Waals surface area contributed by atoms with E-state index in [1.165, 1.54) is 26.9 Å². The Balaban J connectivity index is 1.73. The summed E-state index contributed by atoms with van der Waals surface area (Å²) >= 11 is 0. The van der Waals surface area contributed by atoms with E-state index in [-0.39, 0.29) is 5.91 Å². The summed E-state index contributed by atoms with van der Waals surface area (Å²) in [5, 5.41) is 2.85. The summed E-state index contributed by atoms with van der Waals surface area (Å²) in [6.07, 6.45) is 0.00844. The first-order valence-corrected chi connectivity index (χ1v) is 9.95. The van der Waals surface area contributed by atoms with Gasteiger partial charge in [-0.15, -0.1) is 0 Å². The molecule has 6 heteroatoms. The molecule has 0 bridgehead atoms. The first-order chi connectivity index (χ1) is 15.0. The predicted molar refractivity (Wildman–Crippen MR) is 121 cm³/mol. The summed E-state index contributed by atoms with van der Waals surface area (Å²) < 4.78 is 22.0. The van der Waals surface area contributed by atoms with Gasteiger partial charge in [0.2, 0.25) is 5.75 Å². The highest BCUT2D eigenvalue weighted by Gasteiger charge is 2.19. The highest BCUT2D eigenvalue weighted by molar-refractivity contribution is 5.94. The summed E-state index contributed by atoms with van der Waals surface area (Å²) in [5.74, 6) is 1.77. The van der Waals surface area contributed by atoms with Crippen molar-refractivity contribution in [3.63, 3.8) is 0 Å². The SMILES string of the molecule is COc1cc(NC(=O)C(C)Oc2ccccc2Cc2ccccc2)cc(OC)c1OC. The molecule has 0 aliphatic rings. The van der Waals surface area contributed by atoms with Gasteiger partial charge in [-0.05, 0) is 24.1 Å². The number of hydrogen-bond donors (Lipinski definition) is 1. The smallest absolute Gasteiger partial charge is 0.265 e. The number of hydrogen-bond acceptors (Lipinski definition) is 5. The van der Waals surface area contributed by atoms with Gasteiger partial charge in [0.1, 0.15) is 5.75 Å². The van der Waals surface area contributed by atoms with Gasteiger partial charge < -0.3 is 24.3 Å². The molecule has 0 aliphatic carbocycles. The molecule has 3 rings (SSSR count). The van der Waals surface area contributed by atoms with E-state index in [1.807, 2.05) is 42.5 Å². The number of rotatable bonds is 9. The third-order valence-electron chi connectivity index (χ3n) is 4.82. The van der Waals surface area contributed by atoms with Gasteiger partial charge >= 0.3 is 0 Å². The van der Waals surface area contributed by atoms with Crippen LogP contribution in [-0.4, -0.2) is 33.3 Å². The van der Waals surface area contributed by atoms with Crippen LogP contribution in [0.2, 0.25) is 0 Å². The van der Waals surface area contributed by atoms with Crippen molar-refractivity contribution >= 4 is 11.6 Å². The lowest BCUT2D eigenvalue weighted by atomic mass is 10.0. The van der Waals surface area contributed by atoms with Gasteiger partial charge in [0.05, 0.1) is 21.3 Å². The Morgan fingerprint density at radius 3 is 2.06 bits per heavy atom. The van der Waals surface area contributed by atoms with Crippen LogP contribution in [-0.2, 0) is 11.2 Å². The molecular weight excluding hydrogens is 394 g/mol. The molecule has 0 spiro atoms. The number of ether oxygens (including phenoxy) is 4. The molecule has 0 fully saturated rings. The molecule has 0 heterocycles. The molecule has 31 heavy (non-hydrogen) atoms. The highest BCUT2D eigenvalue weighted by atomic mass is 16.5. The van der Waals surface area contributed by atoms with E-state index in [0.717, 1.165) is 12.0 Å². The summed E-state index contributed by atoms with van der Waals surface area (Å²) in [4.78, 5) is 12.8. The second-order valence-electron chi connectivity index (χ2n) is 6.93. The van der Waals surface area contributed by atoms with Crippen LogP contribution in [0.1, 0.15) is 18.1 Å². The molecule has 1 N–H and O–H groups in total. The molecule has 0 aromatic heterocycles. The van der Waals surface area contributed by atoms with Crippen molar-refractivity contribution in [3.8, 4) is 23.0 Å². The summed E-state index contributed by atoms with van der Waals surface area (Å²) in [6, 6.07) is 21.2. The van der Waals surface area contributed by atoms with E-state index in [0.29, 0.717) is 28.7 Å². The second-order valence-corrected chi connectivity index (χ2v) is 6.93. The molecule has 1 amide bonds. The van der Waals surface area contributed by atoms with Crippen LogP contribution in [0, 0.1) is 0 Å². The van der Waals surface area contributed by atoms with Gasteiger partial charge in [0.15, 0.2) is 17.6 Å². The fraction of sp³-hybridized carbons (Fsp3) is 0.240. The van der Waals surface area contributed by atoms with Crippen molar-refractivity contribution in [2.24, 2.45) is 0 Å². The van der Waals surface area contributed by atoms with E-state index in [9.17, 15) is 4.79 Å². The maximum absolute atomic E-state index is 12.8. The Morgan fingerprint density at radius 2 is 1.45 bits per heavy atom. The fourth-order valence-electron chi connectivity index (χ4n) is 3.22. The number of para-hydroxylation sites is 1. The monoisotopic (exact) mass is 421 g/mol. The zero-order valence-electron chi connectivity index (χ0n) is 18.2. The van der Waals surface area contributed by atoms with Crippen LogP contribution in [0.3, 0.4) is 0 Å². The topological polar surface area (TPSA) is 66.0 Å². The number of anilines is 1. The second kappa shape index (κ2) is 10.4. The van der Waals surface area contributed by atoms with Crippen LogP contribution >= 0.6 is 0 Å². The van der Waals surface area contributed by atoms with E-state index >= 15 is 0 Å². The van der Waals surface area contributed by atoms with Crippen molar-refractivity contribution in [2.75, 3.05) is 26.6 Å². The van der Waals surface area contributed by atoms with Gasteiger partial charge in [-0.2, -0.15) is 0 Å². The maximum atomic E-state index is 12.8. The van der Waals surface area contributed by atoms with E-state index in [1.54, 1.807) is 19.1 Å². The Morgan fingerprint density at radius 1 is 0.839 bits per heavy atom. The lowest BCUT2D eigenvalue weighted by molar-refractivity contribution is -0.122. The number of methoxy groups -OCH3 is 3. The summed E-state index contributed by atoms with van der Waals surface area (Å²) in [6.45, 7) is 1.71. The van der Waals surface area contributed by atoms with E-state index < -0.39 is 6.10 Å². The standard InChI is InChI=1S/C25H27NO5/c1-17(25(27)26-20-15-22(28-2)24(30-4)23(16-20)29-3)31-21-13-9-8-12-19(21)14-18-10-6-5-7-11-18/h5-13,15-17H,14H2,1-4H3,(H,26,27). The quantitative estimate of drug-likeness (QED) is 0.542. The van der Waals surface area contributed by atoms with Gasteiger partial charge in [-0.1, -0.05) is 48.5 Å². The lowest BCUT2D eigenvalue weighted by Gasteiger charge is -2.19. The van der Waals surface area contributed by atoms with Crippen molar-refractivity contribution < 1.29 is 23.7 Å². The van der Waals surface area contributed by atoms with Crippen LogP contribution < -0.4 is 24.3 Å². The van der Waals surface area contributed by atoms with Gasteiger partial charge in [-0.3, -0.25) is 4.79 Å². The molecule has 1 atom stereocenters. The molecule has 0 saturated heterocycles. The number of nitrogens with one attached hydrogen (secondary N) is 1. The number of carbonyl (C=O) groups is 1. The Bertz CT molecular complexity index is 994. The van der Waals surface area contributed by atoms with Crippen LogP contribution in [0.15, 0.2) is 66.7 Å². The molecule has 0 aliphatic heterocycles. The number of carbonyl (C=O) groups excluding carboxylic acids is 1. The van der Waals surface area contributed by atoms with E-state index in [4.69, 9.17) is 18.9 Å². The fourth-order valence-corrected chi connectivity index (χ4v) is 3.22.